The number of ether oxygens (including phenoxy) is 12. The van der Waals surface area contributed by atoms with Gasteiger partial charge in [-0.25, -0.2) is 0 Å². The Balaban J connectivity index is 1.29. The van der Waals surface area contributed by atoms with Gasteiger partial charge in [-0.3, -0.25) is 20.4 Å². The molecule has 332 valence electrons. The minimum atomic E-state index is -0.613. The molecule has 0 fully saturated rings. The molecule has 0 aliphatic carbocycles. The fourth-order valence-corrected chi connectivity index (χ4v) is 6.27. The maximum atomic E-state index is 13.8. The van der Waals surface area contributed by atoms with Crippen LogP contribution in [0, 0.1) is 0 Å². The summed E-state index contributed by atoms with van der Waals surface area (Å²) in [6, 6.07) is 20.9. The van der Waals surface area contributed by atoms with Gasteiger partial charge in [-0.15, -0.1) is 0 Å². The molecular formula is C45H58N2O14. The average Bonchev–Trinajstić information content (AvgIpc) is 3.28. The van der Waals surface area contributed by atoms with Gasteiger partial charge >= 0.3 is 0 Å². The fraction of sp³-hybridized carbons (Fsp3) is 0.467. The molecule has 5 aromatic carbocycles. The topological polar surface area (TPSA) is 169 Å². The molecule has 5 aromatic rings. The molecule has 2 N–H and O–H groups in total. The molecule has 0 aromatic heterocycles. The lowest BCUT2D eigenvalue weighted by atomic mass is 9.92. The summed E-state index contributed by atoms with van der Waals surface area (Å²) in [6.07, 6.45) is 0. The lowest BCUT2D eigenvalue weighted by Gasteiger charge is -2.19. The van der Waals surface area contributed by atoms with E-state index in [1.165, 1.54) is 12.1 Å². The van der Waals surface area contributed by atoms with Gasteiger partial charge in [0.05, 0.1) is 99.1 Å². The van der Waals surface area contributed by atoms with E-state index in [0.29, 0.717) is 84.8 Å². The van der Waals surface area contributed by atoms with Crippen molar-refractivity contribution in [3.63, 3.8) is 0 Å². The zero-order chi connectivity index (χ0) is 42.9. The van der Waals surface area contributed by atoms with Gasteiger partial charge in [-0.1, -0.05) is 48.5 Å². The van der Waals surface area contributed by atoms with E-state index in [4.69, 9.17) is 56.8 Å². The van der Waals surface area contributed by atoms with E-state index in [1.54, 1.807) is 27.4 Å². The molecule has 0 heterocycles. The summed E-state index contributed by atoms with van der Waals surface area (Å²) < 4.78 is 66.9. The first-order chi connectivity index (χ1) is 30.0. The minimum Gasteiger partial charge on any atom is -0.487 e. The molecule has 0 unspecified atom stereocenters. The Hall–Kier alpha value is -4.88. The normalized spacial score (nSPS) is 11.5. The lowest BCUT2D eigenvalue weighted by Crippen LogP contribution is -2.41. The van der Waals surface area contributed by atoms with E-state index in [-0.39, 0.29) is 62.5 Å². The Labute approximate surface area is 356 Å². The second-order valence-corrected chi connectivity index (χ2v) is 13.4. The number of rotatable bonds is 32. The first kappa shape index (κ1) is 47.2. The third kappa shape index (κ3) is 14.9. The van der Waals surface area contributed by atoms with E-state index in [0.717, 1.165) is 32.3 Å². The van der Waals surface area contributed by atoms with E-state index in [1.807, 2.05) is 30.3 Å². The van der Waals surface area contributed by atoms with Crippen LogP contribution in [0.4, 0.5) is 0 Å². The van der Waals surface area contributed by atoms with Crippen molar-refractivity contribution in [2.75, 3.05) is 140 Å². The van der Waals surface area contributed by atoms with Crippen molar-refractivity contribution in [1.29, 1.82) is 0 Å². The Morgan fingerprint density at radius 2 is 0.820 bits per heavy atom. The van der Waals surface area contributed by atoms with Crippen LogP contribution in [0.15, 0.2) is 66.7 Å². The molecule has 0 radical (unpaired) electrons. The SMILES string of the molecule is COCCOCCOCCOc1cc(C(=O)NNC(=O)c2ccc3ccc4cccc5ccc2c3c45)cc(OCCOCCOCCOC)c1OCCOCCOCCOC. The highest BCUT2D eigenvalue weighted by Crippen LogP contribution is 2.39. The molecule has 16 heteroatoms. The Bertz CT molecular complexity index is 1990. The number of carbonyl (C=O) groups is 2. The monoisotopic (exact) mass is 850 g/mol. The maximum Gasteiger partial charge on any atom is 0.270 e. The van der Waals surface area contributed by atoms with Crippen LogP contribution >= 0.6 is 0 Å². The maximum absolute atomic E-state index is 13.8. The van der Waals surface area contributed by atoms with Crippen LogP contribution in [-0.2, 0) is 42.6 Å². The number of carbonyl (C=O) groups excluding carboxylic acids is 2. The highest BCUT2D eigenvalue weighted by atomic mass is 16.6. The zero-order valence-corrected chi connectivity index (χ0v) is 35.3. The summed E-state index contributed by atoms with van der Waals surface area (Å²) >= 11 is 0. The zero-order valence-electron chi connectivity index (χ0n) is 35.3. The first-order valence-corrected chi connectivity index (χ1v) is 20.3. The predicted octanol–water partition coefficient (Wildman–Crippen LogP) is 4.83. The van der Waals surface area contributed by atoms with Crippen LogP contribution in [0.1, 0.15) is 20.7 Å². The number of nitrogens with one attached hydrogen (secondary N) is 2. The van der Waals surface area contributed by atoms with E-state index >= 15 is 0 Å². The van der Waals surface area contributed by atoms with Gasteiger partial charge in [0.1, 0.15) is 19.8 Å². The van der Waals surface area contributed by atoms with Gasteiger partial charge in [0, 0.05) is 32.5 Å². The first-order valence-electron chi connectivity index (χ1n) is 20.3. The molecule has 0 bridgehead atoms. The molecule has 2 amide bonds. The van der Waals surface area contributed by atoms with Crippen LogP contribution in [-0.4, -0.2) is 152 Å². The number of hydrogen-bond donors (Lipinski definition) is 2. The predicted molar refractivity (Wildman–Crippen MR) is 229 cm³/mol. The number of hydrazine groups is 1. The van der Waals surface area contributed by atoms with Crippen molar-refractivity contribution >= 4 is 44.1 Å². The minimum absolute atomic E-state index is 0.117. The molecule has 0 saturated heterocycles. The van der Waals surface area contributed by atoms with E-state index in [9.17, 15) is 9.59 Å². The van der Waals surface area contributed by atoms with Gasteiger partial charge in [-0.2, -0.15) is 0 Å². The van der Waals surface area contributed by atoms with Gasteiger partial charge in [0.25, 0.3) is 11.8 Å². The van der Waals surface area contributed by atoms with Crippen molar-refractivity contribution < 1.29 is 66.4 Å². The van der Waals surface area contributed by atoms with Gasteiger partial charge < -0.3 is 56.8 Å². The summed E-state index contributed by atoms with van der Waals surface area (Å²) in [5.74, 6) is -0.403. The van der Waals surface area contributed by atoms with Crippen LogP contribution in [0.3, 0.4) is 0 Å². The molecule has 0 saturated carbocycles. The molecule has 5 rings (SSSR count). The van der Waals surface area contributed by atoms with Crippen LogP contribution in [0.2, 0.25) is 0 Å². The van der Waals surface area contributed by atoms with Gasteiger partial charge in [0.2, 0.25) is 5.75 Å². The van der Waals surface area contributed by atoms with Crippen molar-refractivity contribution in [3.05, 3.63) is 77.9 Å². The summed E-state index contributed by atoms with van der Waals surface area (Å²) in [5.41, 5.74) is 5.72. The number of benzene rings is 5. The molecule has 0 atom stereocenters. The van der Waals surface area contributed by atoms with Crippen LogP contribution in [0.5, 0.6) is 17.2 Å². The third-order valence-corrected chi connectivity index (χ3v) is 9.20. The second-order valence-electron chi connectivity index (χ2n) is 13.4. The van der Waals surface area contributed by atoms with Crippen LogP contribution in [0.25, 0.3) is 32.3 Å². The van der Waals surface area contributed by atoms with Crippen molar-refractivity contribution in [1.82, 2.24) is 10.9 Å². The Kier molecular flexibility index (Phi) is 21.0. The number of hydrogen-bond acceptors (Lipinski definition) is 14. The quantitative estimate of drug-likeness (QED) is 0.0343. The highest BCUT2D eigenvalue weighted by Gasteiger charge is 2.21. The number of amides is 2. The highest BCUT2D eigenvalue weighted by molar-refractivity contribution is 6.26. The van der Waals surface area contributed by atoms with E-state index in [2.05, 4.69) is 29.1 Å². The third-order valence-electron chi connectivity index (χ3n) is 9.20. The Morgan fingerprint density at radius 1 is 0.426 bits per heavy atom. The average molecular weight is 851 g/mol. The fourth-order valence-electron chi connectivity index (χ4n) is 6.27. The molecule has 0 spiro atoms. The smallest absolute Gasteiger partial charge is 0.270 e. The lowest BCUT2D eigenvalue weighted by molar-refractivity contribution is 0.0146. The van der Waals surface area contributed by atoms with Crippen molar-refractivity contribution in [2.24, 2.45) is 0 Å². The van der Waals surface area contributed by atoms with Gasteiger partial charge in [0.15, 0.2) is 11.5 Å². The van der Waals surface area contributed by atoms with Crippen LogP contribution < -0.4 is 25.1 Å². The van der Waals surface area contributed by atoms with E-state index < -0.39 is 11.8 Å². The van der Waals surface area contributed by atoms with Gasteiger partial charge in [-0.05, 0) is 50.5 Å². The molecule has 61 heavy (non-hydrogen) atoms. The largest absolute Gasteiger partial charge is 0.487 e. The number of methoxy groups -OCH3 is 3. The molecule has 0 aliphatic heterocycles. The summed E-state index contributed by atoms with van der Waals surface area (Å²) in [6.45, 7) is 6.18. The van der Waals surface area contributed by atoms with Crippen molar-refractivity contribution in [2.45, 2.75) is 0 Å². The standard InChI is InChI=1S/C45H58N2O14/c1-50-13-16-53-19-22-56-25-28-59-39-31-36(32-40(60-29-26-57-23-20-54-17-14-51-2)43(39)61-30-27-58-24-21-55-18-15-52-3)44(48)46-47-45(49)38-12-10-35-8-7-33-5-4-6-34-9-11-37(38)42(35)41(33)34/h4-12,31-32H,13-30H2,1-3H3,(H,46,48)(H,47,49). The Morgan fingerprint density at radius 3 is 1.31 bits per heavy atom. The second kappa shape index (κ2) is 27.1. The summed E-state index contributed by atoms with van der Waals surface area (Å²) in [4.78, 5) is 27.5. The van der Waals surface area contributed by atoms with Crippen molar-refractivity contribution in [3.8, 4) is 17.2 Å². The summed E-state index contributed by atoms with van der Waals surface area (Å²) in [7, 11) is 4.83. The molecule has 16 nitrogen and oxygen atoms in total. The molecule has 0 aliphatic rings. The molecular weight excluding hydrogens is 792 g/mol. The summed E-state index contributed by atoms with van der Waals surface area (Å²) in [5, 5.41) is 6.02.